The maximum absolute atomic E-state index is 12.7. The Bertz CT molecular complexity index is 795. The molecular weight excluding hydrogens is 369 g/mol. The fraction of sp³-hybridized carbons (Fsp3) is 0.588. The molecule has 26 heavy (non-hydrogen) atoms. The number of carbonyl (C=O) groups excluding carboxylic acids is 1. The molecule has 2 saturated carbocycles. The molecule has 2 aliphatic carbocycles. The Labute approximate surface area is 150 Å². The van der Waals surface area contributed by atoms with Crippen molar-refractivity contribution in [3.63, 3.8) is 0 Å². The van der Waals surface area contributed by atoms with Gasteiger partial charge < -0.3 is 11.1 Å². The van der Waals surface area contributed by atoms with Crippen LogP contribution in [0.2, 0.25) is 0 Å². The molecule has 0 unspecified atom stereocenters. The van der Waals surface area contributed by atoms with Crippen LogP contribution in [0, 0.1) is 17.8 Å². The highest BCUT2D eigenvalue weighted by Gasteiger charge is 2.52. The largest absolute Gasteiger partial charge is 0.501 e. The second-order valence-corrected chi connectivity index (χ2v) is 8.97. The standard InChI is InChI=1S/C17H21F3N2O3S/c18-17(19,20)26(24,25)11-5-3-4-10(8-11)9-22-16(23)14-12-6-1-2-7-13(12)15(14)21/h3-5,8,12-15H,1-2,6-7,9,21H2,(H,22,23)/t12-,13+,14-,15-/m0/s1. The first-order valence-electron chi connectivity index (χ1n) is 8.56. The van der Waals surface area contributed by atoms with E-state index in [0.29, 0.717) is 5.92 Å². The van der Waals surface area contributed by atoms with Crippen molar-refractivity contribution >= 4 is 15.7 Å². The minimum Gasteiger partial charge on any atom is -0.352 e. The lowest BCUT2D eigenvalue weighted by Crippen LogP contribution is -2.62. The molecule has 1 amide bonds. The highest BCUT2D eigenvalue weighted by molar-refractivity contribution is 7.92. The molecule has 144 valence electrons. The third kappa shape index (κ3) is 3.34. The number of carbonyl (C=O) groups is 1. The van der Waals surface area contributed by atoms with Crippen LogP contribution in [-0.2, 0) is 21.2 Å². The molecule has 1 aromatic carbocycles. The zero-order chi connectivity index (χ0) is 19.1. The average molecular weight is 390 g/mol. The van der Waals surface area contributed by atoms with E-state index in [-0.39, 0.29) is 35.9 Å². The number of fused-ring (bicyclic) bond motifs is 1. The lowest BCUT2D eigenvalue weighted by Gasteiger charge is -2.52. The Balaban J connectivity index is 1.65. The number of sulfone groups is 1. The Kier molecular flexibility index (Phi) is 5.04. The summed E-state index contributed by atoms with van der Waals surface area (Å²) in [5.41, 5.74) is 1.04. The summed E-state index contributed by atoms with van der Waals surface area (Å²) in [7, 11) is -5.40. The van der Waals surface area contributed by atoms with Crippen molar-refractivity contribution in [1.29, 1.82) is 0 Å². The van der Waals surface area contributed by atoms with Crippen LogP contribution >= 0.6 is 0 Å². The van der Waals surface area contributed by atoms with E-state index in [9.17, 15) is 26.4 Å². The van der Waals surface area contributed by atoms with Gasteiger partial charge in [0.25, 0.3) is 9.84 Å². The molecule has 0 saturated heterocycles. The minimum atomic E-state index is -5.40. The molecule has 0 heterocycles. The molecule has 0 spiro atoms. The molecule has 3 N–H and O–H groups in total. The Morgan fingerprint density at radius 1 is 1.19 bits per heavy atom. The van der Waals surface area contributed by atoms with Gasteiger partial charge >= 0.3 is 5.51 Å². The van der Waals surface area contributed by atoms with Crippen molar-refractivity contribution in [2.24, 2.45) is 23.5 Å². The van der Waals surface area contributed by atoms with E-state index in [1.54, 1.807) is 0 Å². The molecule has 3 rings (SSSR count). The zero-order valence-electron chi connectivity index (χ0n) is 14.0. The maximum Gasteiger partial charge on any atom is 0.501 e. The SMILES string of the molecule is N[C@H]1[C@@H]2CCCC[C@@H]2[C@@H]1C(=O)NCc1cccc(S(=O)(=O)C(F)(F)F)c1. The molecule has 9 heteroatoms. The summed E-state index contributed by atoms with van der Waals surface area (Å²) in [6.07, 6.45) is 4.21. The van der Waals surface area contributed by atoms with Gasteiger partial charge in [-0.1, -0.05) is 25.0 Å². The van der Waals surface area contributed by atoms with Crippen LogP contribution in [0.5, 0.6) is 0 Å². The van der Waals surface area contributed by atoms with Gasteiger partial charge in [-0.25, -0.2) is 8.42 Å². The third-order valence-corrected chi connectivity index (χ3v) is 7.01. The molecule has 0 bridgehead atoms. The first kappa shape index (κ1) is 19.2. The number of halogens is 3. The molecule has 5 nitrogen and oxygen atoms in total. The van der Waals surface area contributed by atoms with Crippen LogP contribution in [0.4, 0.5) is 13.2 Å². The van der Waals surface area contributed by atoms with E-state index in [1.807, 2.05) is 0 Å². The summed E-state index contributed by atoms with van der Waals surface area (Å²) in [4.78, 5) is 11.6. The van der Waals surface area contributed by atoms with Crippen molar-refractivity contribution in [1.82, 2.24) is 5.32 Å². The van der Waals surface area contributed by atoms with Gasteiger partial charge in [-0.05, 0) is 42.4 Å². The van der Waals surface area contributed by atoms with Crippen LogP contribution in [-0.4, -0.2) is 25.9 Å². The molecule has 0 aliphatic heterocycles. The molecule has 0 radical (unpaired) electrons. The molecule has 2 fully saturated rings. The fourth-order valence-corrected chi connectivity index (χ4v) is 4.98. The fourth-order valence-electron chi connectivity index (χ4n) is 4.15. The normalized spacial score (nSPS) is 28.8. The van der Waals surface area contributed by atoms with Crippen molar-refractivity contribution < 1.29 is 26.4 Å². The van der Waals surface area contributed by atoms with Gasteiger partial charge in [-0.15, -0.1) is 0 Å². The summed E-state index contributed by atoms with van der Waals surface area (Å²) in [6, 6.07) is 4.35. The average Bonchev–Trinajstić information content (AvgIpc) is 2.59. The summed E-state index contributed by atoms with van der Waals surface area (Å²) in [5.74, 6) is 0.155. The second-order valence-electron chi connectivity index (χ2n) is 7.03. The van der Waals surface area contributed by atoms with E-state index >= 15 is 0 Å². The van der Waals surface area contributed by atoms with E-state index < -0.39 is 20.2 Å². The Hall–Kier alpha value is -1.61. The van der Waals surface area contributed by atoms with E-state index in [1.165, 1.54) is 12.1 Å². The van der Waals surface area contributed by atoms with Crippen LogP contribution < -0.4 is 11.1 Å². The number of benzene rings is 1. The smallest absolute Gasteiger partial charge is 0.352 e. The summed E-state index contributed by atoms with van der Waals surface area (Å²) < 4.78 is 60.9. The molecule has 0 aromatic heterocycles. The lowest BCUT2D eigenvalue weighted by molar-refractivity contribution is -0.137. The van der Waals surface area contributed by atoms with Gasteiger partial charge in [-0.2, -0.15) is 13.2 Å². The highest BCUT2D eigenvalue weighted by Crippen LogP contribution is 2.48. The molecule has 2 aliphatic rings. The van der Waals surface area contributed by atoms with Crippen LogP contribution in [0.3, 0.4) is 0 Å². The van der Waals surface area contributed by atoms with Gasteiger partial charge in [0, 0.05) is 12.6 Å². The summed E-state index contributed by atoms with van der Waals surface area (Å²) in [6.45, 7) is -0.0410. The number of rotatable bonds is 4. The van der Waals surface area contributed by atoms with Crippen LogP contribution in [0.1, 0.15) is 31.2 Å². The van der Waals surface area contributed by atoms with Crippen LogP contribution in [0.25, 0.3) is 0 Å². The maximum atomic E-state index is 12.7. The van der Waals surface area contributed by atoms with Gasteiger partial charge in [0.05, 0.1) is 10.8 Å². The van der Waals surface area contributed by atoms with Gasteiger partial charge in [0.1, 0.15) is 0 Å². The topological polar surface area (TPSA) is 89.3 Å². The van der Waals surface area contributed by atoms with E-state index in [0.717, 1.165) is 37.8 Å². The number of alkyl halides is 3. The molecular formula is C17H21F3N2O3S. The number of amides is 1. The number of hydrogen-bond acceptors (Lipinski definition) is 4. The van der Waals surface area contributed by atoms with Gasteiger partial charge in [0.2, 0.25) is 5.91 Å². The quantitative estimate of drug-likeness (QED) is 0.826. The van der Waals surface area contributed by atoms with Gasteiger partial charge in [-0.3, -0.25) is 4.79 Å². The Morgan fingerprint density at radius 2 is 1.85 bits per heavy atom. The zero-order valence-corrected chi connectivity index (χ0v) is 14.8. The van der Waals surface area contributed by atoms with Crippen molar-refractivity contribution in [2.45, 2.75) is 48.7 Å². The van der Waals surface area contributed by atoms with Gasteiger partial charge in [0.15, 0.2) is 0 Å². The minimum absolute atomic E-state index is 0.0410. The van der Waals surface area contributed by atoms with Crippen molar-refractivity contribution in [3.05, 3.63) is 29.8 Å². The first-order valence-corrected chi connectivity index (χ1v) is 10.0. The predicted octanol–water partition coefficient (Wildman–Crippen LogP) is 2.36. The van der Waals surface area contributed by atoms with E-state index in [4.69, 9.17) is 5.73 Å². The highest BCUT2D eigenvalue weighted by atomic mass is 32.2. The van der Waals surface area contributed by atoms with Crippen LogP contribution in [0.15, 0.2) is 29.2 Å². The molecule has 4 atom stereocenters. The number of hydrogen-bond donors (Lipinski definition) is 2. The second kappa shape index (κ2) is 6.84. The lowest BCUT2D eigenvalue weighted by atomic mass is 9.55. The monoisotopic (exact) mass is 390 g/mol. The first-order chi connectivity index (χ1) is 12.1. The van der Waals surface area contributed by atoms with Crippen molar-refractivity contribution in [2.75, 3.05) is 0 Å². The number of nitrogens with one attached hydrogen (secondary N) is 1. The number of nitrogens with two attached hydrogens (primary N) is 1. The Morgan fingerprint density at radius 3 is 2.50 bits per heavy atom. The predicted molar refractivity (Wildman–Crippen MR) is 88.4 cm³/mol. The van der Waals surface area contributed by atoms with Crippen molar-refractivity contribution in [3.8, 4) is 0 Å². The summed E-state index contributed by atoms with van der Waals surface area (Å²) >= 11 is 0. The van der Waals surface area contributed by atoms with E-state index in [2.05, 4.69) is 5.32 Å². The summed E-state index contributed by atoms with van der Waals surface area (Å²) in [5, 5.41) is 2.69. The molecule has 1 aromatic rings. The third-order valence-electron chi connectivity index (χ3n) is 5.53.